The minimum atomic E-state index is -3.90. The van der Waals surface area contributed by atoms with Crippen LogP contribution in [0, 0.1) is 5.92 Å². The maximum absolute atomic E-state index is 13.9. The van der Waals surface area contributed by atoms with Crippen LogP contribution in [0.3, 0.4) is 0 Å². The maximum atomic E-state index is 13.9. The van der Waals surface area contributed by atoms with Gasteiger partial charge in [-0.1, -0.05) is 61.4 Å². The number of carbonyl (C=O) groups excluding carboxylic acids is 1. The van der Waals surface area contributed by atoms with E-state index in [2.05, 4.69) is 11.1 Å². The third-order valence-electron chi connectivity index (χ3n) is 6.48. The first kappa shape index (κ1) is 22.3. The zero-order chi connectivity index (χ0) is 23.7. The third kappa shape index (κ3) is 4.10. The van der Waals surface area contributed by atoms with E-state index in [1.54, 1.807) is 55.6 Å². The van der Waals surface area contributed by atoms with Gasteiger partial charge in [0.15, 0.2) is 11.4 Å². The highest BCUT2D eigenvalue weighted by molar-refractivity contribution is 7.90. The lowest BCUT2D eigenvalue weighted by Gasteiger charge is -2.16. The van der Waals surface area contributed by atoms with Crippen LogP contribution in [0.1, 0.15) is 54.2 Å². The lowest BCUT2D eigenvalue weighted by atomic mass is 9.95. The Kier molecular flexibility index (Phi) is 5.92. The largest absolute Gasteiger partial charge is 0.295 e. The van der Waals surface area contributed by atoms with Crippen molar-refractivity contribution in [3.63, 3.8) is 0 Å². The number of fused-ring (bicyclic) bond motifs is 1. The zero-order valence-electron chi connectivity index (χ0n) is 19.0. The summed E-state index contributed by atoms with van der Waals surface area (Å²) in [4.78, 5) is 16.5. The second-order valence-corrected chi connectivity index (χ2v) is 10.6. The number of hydrogen-bond donors (Lipinski definition) is 0. The monoisotopic (exact) mass is 470 g/mol. The topological polar surface area (TPSA) is 69.0 Å². The second kappa shape index (κ2) is 9.03. The molecule has 172 valence electrons. The number of benzene rings is 2. The van der Waals surface area contributed by atoms with Crippen molar-refractivity contribution in [2.24, 2.45) is 5.92 Å². The summed E-state index contributed by atoms with van der Waals surface area (Å²) in [5.41, 5.74) is 3.34. The predicted molar refractivity (Wildman–Crippen MR) is 134 cm³/mol. The van der Waals surface area contributed by atoms with Crippen LogP contribution in [0.25, 0.3) is 16.6 Å². The van der Waals surface area contributed by atoms with E-state index in [1.807, 2.05) is 30.3 Å². The highest BCUT2D eigenvalue weighted by atomic mass is 32.2. The predicted octanol–water partition coefficient (Wildman–Crippen LogP) is 6.10. The van der Waals surface area contributed by atoms with Gasteiger partial charge in [0.05, 0.1) is 10.6 Å². The molecule has 2 aromatic carbocycles. The molecule has 4 aromatic rings. The fourth-order valence-corrected chi connectivity index (χ4v) is 6.22. The van der Waals surface area contributed by atoms with Crippen LogP contribution in [0.4, 0.5) is 0 Å². The smallest absolute Gasteiger partial charge is 0.269 e. The van der Waals surface area contributed by atoms with Crippen molar-refractivity contribution in [2.45, 2.75) is 37.5 Å². The van der Waals surface area contributed by atoms with Gasteiger partial charge in [0.25, 0.3) is 10.0 Å². The molecule has 0 N–H and O–H groups in total. The Balaban J connectivity index is 1.77. The van der Waals surface area contributed by atoms with Gasteiger partial charge >= 0.3 is 0 Å². The molecule has 0 bridgehead atoms. The Hall–Kier alpha value is -3.51. The van der Waals surface area contributed by atoms with Crippen LogP contribution in [0.15, 0.2) is 90.0 Å². The quantitative estimate of drug-likeness (QED) is 0.319. The van der Waals surface area contributed by atoms with E-state index in [9.17, 15) is 13.2 Å². The number of nitrogens with zero attached hydrogens (tertiary/aromatic N) is 2. The Bertz CT molecular complexity index is 1480. The minimum absolute atomic E-state index is 0.00200. The van der Waals surface area contributed by atoms with Crippen molar-refractivity contribution in [1.82, 2.24) is 8.96 Å². The molecule has 5 nitrogen and oxygen atoms in total. The summed E-state index contributed by atoms with van der Waals surface area (Å²) < 4.78 is 29.2. The van der Waals surface area contributed by atoms with E-state index in [0.717, 1.165) is 29.4 Å². The Morgan fingerprint density at radius 2 is 1.62 bits per heavy atom. The number of pyridine rings is 1. The zero-order valence-corrected chi connectivity index (χ0v) is 19.8. The van der Waals surface area contributed by atoms with E-state index in [-0.39, 0.29) is 10.7 Å². The summed E-state index contributed by atoms with van der Waals surface area (Å²) >= 11 is 0. The second-order valence-electron chi connectivity index (χ2n) is 8.79. The van der Waals surface area contributed by atoms with E-state index in [1.165, 1.54) is 16.8 Å². The molecule has 0 saturated heterocycles. The number of ketones is 1. The Labute approximate surface area is 199 Å². The number of Topliss-reactive ketones (excluding diaryl/α,β-unsaturated/α-hetero) is 1. The van der Waals surface area contributed by atoms with Gasteiger partial charge < -0.3 is 0 Å². The van der Waals surface area contributed by atoms with Gasteiger partial charge in [0.2, 0.25) is 0 Å². The molecule has 0 unspecified atom stereocenters. The first-order valence-electron chi connectivity index (χ1n) is 11.6. The van der Waals surface area contributed by atoms with Gasteiger partial charge in [0.1, 0.15) is 0 Å². The van der Waals surface area contributed by atoms with Crippen molar-refractivity contribution >= 4 is 32.4 Å². The first-order valence-corrected chi connectivity index (χ1v) is 13.0. The molecule has 1 fully saturated rings. The molecule has 34 heavy (non-hydrogen) atoms. The van der Waals surface area contributed by atoms with Crippen LogP contribution in [0.5, 0.6) is 0 Å². The number of carbonyl (C=O) groups is 1. The van der Waals surface area contributed by atoms with E-state index in [0.29, 0.717) is 22.8 Å². The lowest BCUT2D eigenvalue weighted by Crippen LogP contribution is -2.16. The van der Waals surface area contributed by atoms with Crippen LogP contribution < -0.4 is 0 Å². The van der Waals surface area contributed by atoms with E-state index >= 15 is 0 Å². The molecule has 1 aliphatic carbocycles. The third-order valence-corrected chi connectivity index (χ3v) is 8.20. The number of hydrogen-bond acceptors (Lipinski definition) is 4. The fourth-order valence-electron chi connectivity index (χ4n) is 4.71. The molecule has 0 aliphatic heterocycles. The molecule has 0 spiro atoms. The highest BCUT2D eigenvalue weighted by Gasteiger charge is 2.27. The Morgan fingerprint density at radius 1 is 0.941 bits per heavy atom. The maximum Gasteiger partial charge on any atom is 0.269 e. The molecule has 0 amide bonds. The SMILES string of the molecule is CC(=O)c1ccc(/C(=C\C2CCCC2)c2cc3cccnc3n2S(=O)(=O)c2ccccc2)cc1. The van der Waals surface area contributed by atoms with Gasteiger partial charge in [-0.05, 0) is 61.6 Å². The molecule has 0 radical (unpaired) electrons. The molecule has 1 saturated carbocycles. The highest BCUT2D eigenvalue weighted by Crippen LogP contribution is 2.36. The Morgan fingerprint density at radius 3 is 2.29 bits per heavy atom. The molecule has 2 heterocycles. The number of allylic oxidation sites excluding steroid dienone is 1. The van der Waals surface area contributed by atoms with Crippen molar-refractivity contribution < 1.29 is 13.2 Å². The van der Waals surface area contributed by atoms with Crippen molar-refractivity contribution in [3.05, 3.63) is 102 Å². The van der Waals surface area contributed by atoms with Crippen LogP contribution in [-0.4, -0.2) is 23.2 Å². The summed E-state index contributed by atoms with van der Waals surface area (Å²) in [5, 5.41) is 0.759. The van der Waals surface area contributed by atoms with Gasteiger partial charge in [-0.3, -0.25) is 4.79 Å². The summed E-state index contributed by atoms with van der Waals surface area (Å²) in [6, 6.07) is 21.5. The average Bonchev–Trinajstić information content (AvgIpc) is 3.51. The van der Waals surface area contributed by atoms with Gasteiger partial charge in [-0.2, -0.15) is 0 Å². The molecule has 5 rings (SSSR count). The average molecular weight is 471 g/mol. The van der Waals surface area contributed by atoms with E-state index < -0.39 is 10.0 Å². The molecule has 1 aliphatic rings. The van der Waals surface area contributed by atoms with Gasteiger partial charge in [-0.25, -0.2) is 17.4 Å². The van der Waals surface area contributed by atoms with Crippen LogP contribution in [-0.2, 0) is 10.0 Å². The minimum Gasteiger partial charge on any atom is -0.295 e. The summed E-state index contributed by atoms with van der Waals surface area (Å²) in [6.45, 7) is 1.54. The summed E-state index contributed by atoms with van der Waals surface area (Å²) in [7, 11) is -3.90. The molecule has 6 heteroatoms. The van der Waals surface area contributed by atoms with Crippen LogP contribution in [0.2, 0.25) is 0 Å². The molecule has 2 aromatic heterocycles. The molecule has 0 atom stereocenters. The van der Waals surface area contributed by atoms with Crippen LogP contribution >= 0.6 is 0 Å². The normalized spacial score (nSPS) is 15.1. The summed E-state index contributed by atoms with van der Waals surface area (Å²) in [6.07, 6.45) is 8.33. The van der Waals surface area contributed by atoms with E-state index in [4.69, 9.17) is 0 Å². The molecular weight excluding hydrogens is 444 g/mol. The summed E-state index contributed by atoms with van der Waals surface area (Å²) in [5.74, 6) is 0.374. The first-order chi connectivity index (χ1) is 16.4. The molecular formula is C28H26N2O3S. The lowest BCUT2D eigenvalue weighted by molar-refractivity contribution is 0.101. The van der Waals surface area contributed by atoms with Gasteiger partial charge in [0, 0.05) is 22.7 Å². The van der Waals surface area contributed by atoms with Gasteiger partial charge in [-0.15, -0.1) is 0 Å². The fraction of sp³-hybridized carbons (Fsp3) is 0.214. The van der Waals surface area contributed by atoms with Crippen molar-refractivity contribution in [2.75, 3.05) is 0 Å². The van der Waals surface area contributed by atoms with Crippen molar-refractivity contribution in [3.8, 4) is 0 Å². The standard InChI is InChI=1S/C28H26N2O3S/c1-20(31)22-13-15-23(16-14-22)26(18-21-8-5-6-9-21)27-19-24-10-7-17-29-28(24)30(27)34(32,33)25-11-3-2-4-12-25/h2-4,7,10-19,21H,5-6,8-9H2,1H3/b26-18+. The number of rotatable bonds is 6. The number of aromatic nitrogens is 2. The van der Waals surface area contributed by atoms with Crippen molar-refractivity contribution in [1.29, 1.82) is 0 Å².